The van der Waals surface area contributed by atoms with Gasteiger partial charge in [0, 0.05) is 45.3 Å². The van der Waals surface area contributed by atoms with Gasteiger partial charge >= 0.3 is 0 Å². The number of anilines is 1. The molecule has 0 bridgehead atoms. The first kappa shape index (κ1) is 24.6. The molecule has 1 N–H and O–H groups in total. The lowest BCUT2D eigenvalue weighted by molar-refractivity contribution is -0.118. The topological polar surface area (TPSA) is 61.4 Å². The van der Waals surface area contributed by atoms with Gasteiger partial charge in [0.05, 0.1) is 5.75 Å². The third-order valence-corrected chi connectivity index (χ3v) is 6.25. The van der Waals surface area contributed by atoms with Crippen LogP contribution in [0.2, 0.25) is 5.15 Å². The van der Waals surface area contributed by atoms with Gasteiger partial charge in [-0.1, -0.05) is 79.7 Å². The van der Waals surface area contributed by atoms with Gasteiger partial charge < -0.3 is 10.2 Å². The number of piperazine rings is 1. The van der Waals surface area contributed by atoms with E-state index in [1.54, 1.807) is 6.07 Å². The van der Waals surface area contributed by atoms with Crippen LogP contribution in [0.25, 0.3) is 6.08 Å². The number of aromatic nitrogens is 2. The number of carbonyl (C=O) groups is 1. The minimum absolute atomic E-state index is 0.00190. The van der Waals surface area contributed by atoms with Crippen molar-refractivity contribution in [3.63, 3.8) is 0 Å². The average molecular weight is 474 g/mol. The largest absolute Gasteiger partial charge is 0.355 e. The van der Waals surface area contributed by atoms with Crippen molar-refractivity contribution in [2.24, 2.45) is 5.92 Å². The Labute approximate surface area is 200 Å². The Kier molecular flexibility index (Phi) is 9.84. The maximum Gasteiger partial charge on any atom is 0.230 e. The van der Waals surface area contributed by atoms with Gasteiger partial charge in [-0.25, -0.2) is 9.97 Å². The molecular weight excluding hydrogens is 442 g/mol. The Morgan fingerprint density at radius 3 is 2.66 bits per heavy atom. The lowest BCUT2D eigenvalue weighted by atomic mass is 10.1. The van der Waals surface area contributed by atoms with Crippen molar-refractivity contribution in [2.45, 2.75) is 25.4 Å². The van der Waals surface area contributed by atoms with Crippen LogP contribution in [-0.4, -0.2) is 65.8 Å². The molecule has 2 aromatic rings. The molecule has 0 spiro atoms. The standard InChI is InChI=1S/C24H32ClN5OS/c1-19(2)10-11-26-23(31)18-32-24-27-21(25)17-22(28-24)30-15-13-29(14-16-30)12-6-9-20-7-4-3-5-8-20/h3-9,17,19H,10-16,18H2,1-2H3,(H,26,31)/b9-6+. The van der Waals surface area contributed by atoms with E-state index in [0.717, 1.165) is 45.0 Å². The second-order valence-corrected chi connectivity index (χ2v) is 9.58. The Hall–Kier alpha value is -2.09. The third kappa shape index (κ3) is 8.45. The first-order valence-electron chi connectivity index (χ1n) is 11.1. The number of halogens is 1. The van der Waals surface area contributed by atoms with Gasteiger partial charge in [0.25, 0.3) is 0 Å². The molecular formula is C24H32ClN5OS. The molecule has 2 heterocycles. The first-order valence-corrected chi connectivity index (χ1v) is 12.5. The number of thioether (sulfide) groups is 1. The highest BCUT2D eigenvalue weighted by Gasteiger charge is 2.19. The summed E-state index contributed by atoms with van der Waals surface area (Å²) in [5.74, 6) is 1.69. The number of nitrogens with zero attached hydrogens (tertiary/aromatic N) is 4. The van der Waals surface area contributed by atoms with Gasteiger partial charge in [-0.3, -0.25) is 9.69 Å². The van der Waals surface area contributed by atoms with Crippen LogP contribution < -0.4 is 10.2 Å². The quantitative estimate of drug-likeness (QED) is 0.316. The molecule has 1 aromatic carbocycles. The molecule has 1 saturated heterocycles. The summed E-state index contributed by atoms with van der Waals surface area (Å²) in [6, 6.07) is 12.2. The van der Waals surface area contributed by atoms with Crippen LogP contribution in [0, 0.1) is 5.92 Å². The fourth-order valence-corrected chi connectivity index (χ4v) is 4.27. The number of carbonyl (C=O) groups excluding carboxylic acids is 1. The molecule has 1 aliphatic heterocycles. The fraction of sp³-hybridized carbons (Fsp3) is 0.458. The summed E-state index contributed by atoms with van der Waals surface area (Å²) in [5.41, 5.74) is 1.22. The molecule has 1 fully saturated rings. The van der Waals surface area contributed by atoms with E-state index in [1.807, 2.05) is 6.07 Å². The van der Waals surface area contributed by atoms with Crippen LogP contribution in [-0.2, 0) is 4.79 Å². The minimum Gasteiger partial charge on any atom is -0.355 e. The molecule has 3 rings (SSSR count). The molecule has 0 radical (unpaired) electrons. The first-order chi connectivity index (χ1) is 15.5. The summed E-state index contributed by atoms with van der Waals surface area (Å²) in [7, 11) is 0. The highest BCUT2D eigenvalue weighted by Crippen LogP contribution is 2.22. The SMILES string of the molecule is CC(C)CCNC(=O)CSc1nc(Cl)cc(N2CCN(C/C=C/c3ccccc3)CC2)n1. The molecule has 0 unspecified atom stereocenters. The molecule has 0 saturated carbocycles. The average Bonchev–Trinajstić information content (AvgIpc) is 2.78. The van der Waals surface area contributed by atoms with E-state index < -0.39 is 0 Å². The monoisotopic (exact) mass is 473 g/mol. The van der Waals surface area contributed by atoms with Crippen molar-refractivity contribution in [3.8, 4) is 0 Å². The van der Waals surface area contributed by atoms with Gasteiger partial charge in [-0.15, -0.1) is 0 Å². The number of hydrogen-bond acceptors (Lipinski definition) is 6. The molecule has 32 heavy (non-hydrogen) atoms. The molecule has 1 aromatic heterocycles. The molecule has 1 aliphatic rings. The third-order valence-electron chi connectivity index (χ3n) is 5.21. The van der Waals surface area contributed by atoms with E-state index >= 15 is 0 Å². The molecule has 172 valence electrons. The second-order valence-electron chi connectivity index (χ2n) is 8.25. The zero-order valence-corrected chi connectivity index (χ0v) is 20.4. The smallest absolute Gasteiger partial charge is 0.230 e. The lowest BCUT2D eigenvalue weighted by Crippen LogP contribution is -2.46. The van der Waals surface area contributed by atoms with E-state index in [4.69, 9.17) is 11.6 Å². The van der Waals surface area contributed by atoms with E-state index in [0.29, 0.717) is 28.5 Å². The maximum absolute atomic E-state index is 12.0. The van der Waals surface area contributed by atoms with Crippen LogP contribution in [0.5, 0.6) is 0 Å². The summed E-state index contributed by atoms with van der Waals surface area (Å²) in [6.07, 6.45) is 5.36. The normalized spacial score (nSPS) is 14.9. The van der Waals surface area contributed by atoms with Crippen molar-refractivity contribution < 1.29 is 4.79 Å². The number of hydrogen-bond donors (Lipinski definition) is 1. The summed E-state index contributed by atoms with van der Waals surface area (Å²) < 4.78 is 0. The Morgan fingerprint density at radius 1 is 1.19 bits per heavy atom. The maximum atomic E-state index is 12.0. The van der Waals surface area contributed by atoms with Crippen LogP contribution >= 0.6 is 23.4 Å². The molecule has 1 amide bonds. The molecule has 8 heteroatoms. The number of rotatable bonds is 10. The van der Waals surface area contributed by atoms with Crippen LogP contribution in [0.3, 0.4) is 0 Å². The molecule has 0 atom stereocenters. The summed E-state index contributed by atoms with van der Waals surface area (Å²) in [6.45, 7) is 9.60. The minimum atomic E-state index is -0.00190. The summed E-state index contributed by atoms with van der Waals surface area (Å²) in [4.78, 5) is 25.6. The van der Waals surface area contributed by atoms with Gasteiger partial charge in [-0.05, 0) is 17.9 Å². The second kappa shape index (κ2) is 12.8. The van der Waals surface area contributed by atoms with Gasteiger partial charge in [0.1, 0.15) is 11.0 Å². The number of benzene rings is 1. The summed E-state index contributed by atoms with van der Waals surface area (Å²) >= 11 is 7.57. The van der Waals surface area contributed by atoms with Crippen molar-refractivity contribution in [2.75, 3.05) is 49.9 Å². The van der Waals surface area contributed by atoms with Crippen molar-refractivity contribution in [1.82, 2.24) is 20.2 Å². The Bertz CT molecular complexity index is 885. The molecule has 6 nitrogen and oxygen atoms in total. The van der Waals surface area contributed by atoms with Crippen LogP contribution in [0.4, 0.5) is 5.82 Å². The summed E-state index contributed by atoms with van der Waals surface area (Å²) in [5, 5.41) is 3.89. The van der Waals surface area contributed by atoms with E-state index in [-0.39, 0.29) is 5.91 Å². The van der Waals surface area contributed by atoms with E-state index in [9.17, 15) is 4.79 Å². The van der Waals surface area contributed by atoms with E-state index in [1.165, 1.54) is 17.3 Å². The Morgan fingerprint density at radius 2 is 1.94 bits per heavy atom. The highest BCUT2D eigenvalue weighted by molar-refractivity contribution is 7.99. The van der Waals surface area contributed by atoms with Gasteiger partial charge in [0.2, 0.25) is 5.91 Å². The fourth-order valence-electron chi connectivity index (χ4n) is 3.35. The van der Waals surface area contributed by atoms with Crippen molar-refractivity contribution >= 4 is 41.2 Å². The predicted molar refractivity (Wildman–Crippen MR) is 134 cm³/mol. The van der Waals surface area contributed by atoms with Crippen LogP contribution in [0.1, 0.15) is 25.8 Å². The zero-order valence-electron chi connectivity index (χ0n) is 18.8. The lowest BCUT2D eigenvalue weighted by Gasteiger charge is -2.35. The van der Waals surface area contributed by atoms with Crippen molar-refractivity contribution in [3.05, 3.63) is 53.2 Å². The van der Waals surface area contributed by atoms with Gasteiger partial charge in [-0.2, -0.15) is 0 Å². The predicted octanol–water partition coefficient (Wildman–Crippen LogP) is 4.22. The number of amides is 1. The van der Waals surface area contributed by atoms with Crippen LogP contribution in [0.15, 0.2) is 47.6 Å². The molecule has 0 aliphatic carbocycles. The van der Waals surface area contributed by atoms with Gasteiger partial charge in [0.15, 0.2) is 5.16 Å². The van der Waals surface area contributed by atoms with Crippen molar-refractivity contribution in [1.29, 1.82) is 0 Å². The van der Waals surface area contributed by atoms with E-state index in [2.05, 4.69) is 75.3 Å². The number of nitrogens with one attached hydrogen (secondary N) is 1. The highest BCUT2D eigenvalue weighted by atomic mass is 35.5. The Balaban J connectivity index is 1.46. The zero-order chi connectivity index (χ0) is 22.8.